The minimum absolute atomic E-state index is 0.219. The van der Waals surface area contributed by atoms with E-state index in [0.717, 1.165) is 37.8 Å². The molecule has 2 aromatic rings. The Hall–Kier alpha value is -2.56. The standard InChI is InChI=1S/C25H27F8NO2/c26-23(27,25(31,32)33)19-9-4-8-18(12-19)14-22(35,24(28,29)30)16-34-20-10-5-11-21(13-20)36-15-17-6-2-1-3-7-17/h4-5,8-13,17,34-35H,1-3,6-7,14-16H2. The Kier molecular flexibility index (Phi) is 8.42. The van der Waals surface area contributed by atoms with Crippen molar-refractivity contribution in [1.82, 2.24) is 0 Å². The van der Waals surface area contributed by atoms with Crippen molar-refractivity contribution in [3.05, 3.63) is 59.7 Å². The van der Waals surface area contributed by atoms with Crippen molar-refractivity contribution in [2.45, 2.75) is 62.4 Å². The summed E-state index contributed by atoms with van der Waals surface area (Å²) in [5.74, 6) is -4.41. The minimum atomic E-state index is -5.92. The molecule has 2 aromatic carbocycles. The average Bonchev–Trinajstić information content (AvgIpc) is 2.81. The Morgan fingerprint density at radius 1 is 0.833 bits per heavy atom. The predicted molar refractivity (Wildman–Crippen MR) is 118 cm³/mol. The molecule has 1 aliphatic rings. The molecule has 0 saturated heterocycles. The molecule has 36 heavy (non-hydrogen) atoms. The van der Waals surface area contributed by atoms with Gasteiger partial charge in [-0.25, -0.2) is 0 Å². The third-order valence-corrected chi connectivity index (χ3v) is 6.30. The molecule has 1 saturated carbocycles. The van der Waals surface area contributed by atoms with Crippen molar-refractivity contribution in [2.24, 2.45) is 5.92 Å². The van der Waals surface area contributed by atoms with Gasteiger partial charge in [0.15, 0.2) is 5.60 Å². The molecule has 0 aromatic heterocycles. The number of halogens is 8. The number of alkyl halides is 8. The number of benzene rings is 2. The van der Waals surface area contributed by atoms with Gasteiger partial charge in [-0.05, 0) is 42.5 Å². The molecule has 3 rings (SSSR count). The molecule has 0 aliphatic heterocycles. The fourth-order valence-electron chi connectivity index (χ4n) is 4.15. The summed E-state index contributed by atoms with van der Waals surface area (Å²) in [5.41, 5.74) is -5.26. The molecule has 0 radical (unpaired) electrons. The van der Waals surface area contributed by atoms with Crippen molar-refractivity contribution >= 4 is 5.69 Å². The summed E-state index contributed by atoms with van der Waals surface area (Å²) < 4.78 is 112. The van der Waals surface area contributed by atoms with E-state index in [4.69, 9.17) is 4.74 Å². The van der Waals surface area contributed by atoms with E-state index in [1.54, 1.807) is 12.1 Å². The first kappa shape index (κ1) is 28.0. The first-order chi connectivity index (χ1) is 16.7. The Balaban J connectivity index is 1.71. The van der Waals surface area contributed by atoms with Gasteiger partial charge in [-0.15, -0.1) is 0 Å². The summed E-state index contributed by atoms with van der Waals surface area (Å²) in [7, 11) is 0. The summed E-state index contributed by atoms with van der Waals surface area (Å²) in [6.07, 6.45) is -6.82. The Labute approximate surface area is 203 Å². The lowest BCUT2D eigenvalue weighted by Gasteiger charge is -2.31. The molecule has 1 unspecified atom stereocenters. The summed E-state index contributed by atoms with van der Waals surface area (Å²) in [5, 5.41) is 12.9. The third-order valence-electron chi connectivity index (χ3n) is 6.30. The number of hydrogen-bond donors (Lipinski definition) is 2. The van der Waals surface area contributed by atoms with Gasteiger partial charge >= 0.3 is 18.3 Å². The lowest BCUT2D eigenvalue weighted by molar-refractivity contribution is -0.289. The van der Waals surface area contributed by atoms with Gasteiger partial charge < -0.3 is 15.2 Å². The maximum atomic E-state index is 13.8. The van der Waals surface area contributed by atoms with Gasteiger partial charge in [-0.3, -0.25) is 0 Å². The van der Waals surface area contributed by atoms with E-state index >= 15 is 0 Å². The Morgan fingerprint density at radius 2 is 1.50 bits per heavy atom. The monoisotopic (exact) mass is 525 g/mol. The average molecular weight is 525 g/mol. The largest absolute Gasteiger partial charge is 0.493 e. The zero-order valence-corrected chi connectivity index (χ0v) is 19.2. The van der Waals surface area contributed by atoms with Crippen LogP contribution in [0.1, 0.15) is 43.2 Å². The minimum Gasteiger partial charge on any atom is -0.493 e. The highest BCUT2D eigenvalue weighted by Gasteiger charge is 2.59. The highest BCUT2D eigenvalue weighted by molar-refractivity contribution is 5.48. The molecule has 3 nitrogen and oxygen atoms in total. The fraction of sp³-hybridized carbons (Fsp3) is 0.520. The number of nitrogens with one attached hydrogen (secondary N) is 1. The van der Waals surface area contributed by atoms with E-state index in [2.05, 4.69) is 5.32 Å². The molecule has 2 N–H and O–H groups in total. The smallest absolute Gasteiger partial charge is 0.458 e. The van der Waals surface area contributed by atoms with Gasteiger partial charge in [0.05, 0.1) is 13.2 Å². The van der Waals surface area contributed by atoms with Crippen molar-refractivity contribution < 1.29 is 45.0 Å². The van der Waals surface area contributed by atoms with Crippen LogP contribution in [0.2, 0.25) is 0 Å². The van der Waals surface area contributed by atoms with Crippen molar-refractivity contribution in [3.8, 4) is 5.75 Å². The lowest BCUT2D eigenvalue weighted by Crippen LogP contribution is -2.52. The number of hydrogen-bond acceptors (Lipinski definition) is 3. The van der Waals surface area contributed by atoms with Crippen LogP contribution in [0.15, 0.2) is 48.5 Å². The number of aliphatic hydroxyl groups is 1. The van der Waals surface area contributed by atoms with Crippen LogP contribution in [-0.4, -0.2) is 36.2 Å². The van der Waals surface area contributed by atoms with Gasteiger partial charge in [0, 0.05) is 23.7 Å². The van der Waals surface area contributed by atoms with Gasteiger partial charge in [0.1, 0.15) is 5.75 Å². The Morgan fingerprint density at radius 3 is 2.14 bits per heavy atom. The molecular weight excluding hydrogens is 498 g/mol. The molecule has 0 spiro atoms. The van der Waals surface area contributed by atoms with Crippen molar-refractivity contribution in [2.75, 3.05) is 18.5 Å². The quantitative estimate of drug-likeness (QED) is 0.339. The normalized spacial score (nSPS) is 17.5. The van der Waals surface area contributed by atoms with Gasteiger partial charge in [-0.1, -0.05) is 43.5 Å². The summed E-state index contributed by atoms with van der Waals surface area (Å²) in [6, 6.07) is 8.70. The second-order valence-corrected chi connectivity index (χ2v) is 9.18. The summed E-state index contributed by atoms with van der Waals surface area (Å²) in [4.78, 5) is 0. The number of rotatable bonds is 9. The topological polar surface area (TPSA) is 41.5 Å². The van der Waals surface area contributed by atoms with Crippen LogP contribution >= 0.6 is 0 Å². The Bertz CT molecular complexity index is 1000. The first-order valence-electron chi connectivity index (χ1n) is 11.5. The molecule has 0 heterocycles. The van der Waals surface area contributed by atoms with Crippen LogP contribution in [0.4, 0.5) is 40.8 Å². The van der Waals surface area contributed by atoms with E-state index in [0.29, 0.717) is 30.4 Å². The van der Waals surface area contributed by atoms with Gasteiger partial charge in [0.2, 0.25) is 0 Å². The van der Waals surface area contributed by atoms with Crippen LogP contribution in [0.5, 0.6) is 5.75 Å². The highest BCUT2D eigenvalue weighted by atomic mass is 19.4. The van der Waals surface area contributed by atoms with E-state index in [-0.39, 0.29) is 5.69 Å². The molecular formula is C25H27F8NO2. The van der Waals surface area contributed by atoms with Crippen molar-refractivity contribution in [3.63, 3.8) is 0 Å². The SMILES string of the molecule is OC(CNc1cccc(OCC2CCCCC2)c1)(Cc1cccc(C(F)(F)C(F)(F)F)c1)C(F)(F)F. The van der Waals surface area contributed by atoms with Crippen LogP contribution in [-0.2, 0) is 12.3 Å². The second-order valence-electron chi connectivity index (χ2n) is 9.18. The number of anilines is 1. The van der Waals surface area contributed by atoms with E-state index in [1.165, 1.54) is 18.6 Å². The molecule has 0 bridgehead atoms. The zero-order chi connectivity index (χ0) is 26.6. The molecule has 200 valence electrons. The summed E-state index contributed by atoms with van der Waals surface area (Å²) in [6.45, 7) is -0.586. The zero-order valence-electron chi connectivity index (χ0n) is 19.2. The molecule has 1 fully saturated rings. The fourth-order valence-corrected chi connectivity index (χ4v) is 4.15. The summed E-state index contributed by atoms with van der Waals surface area (Å²) >= 11 is 0. The first-order valence-corrected chi connectivity index (χ1v) is 11.5. The van der Waals surface area contributed by atoms with E-state index in [9.17, 15) is 40.2 Å². The molecule has 1 atom stereocenters. The lowest BCUT2D eigenvalue weighted by atomic mass is 9.90. The van der Waals surface area contributed by atoms with Crippen LogP contribution in [0, 0.1) is 5.92 Å². The molecule has 1 aliphatic carbocycles. The molecule has 0 amide bonds. The maximum absolute atomic E-state index is 13.8. The molecule has 11 heteroatoms. The third kappa shape index (κ3) is 6.80. The van der Waals surface area contributed by atoms with Crippen molar-refractivity contribution in [1.29, 1.82) is 0 Å². The van der Waals surface area contributed by atoms with Crippen LogP contribution in [0.3, 0.4) is 0 Å². The highest BCUT2D eigenvalue weighted by Crippen LogP contribution is 2.44. The second kappa shape index (κ2) is 10.8. The van der Waals surface area contributed by atoms with Crippen LogP contribution in [0.25, 0.3) is 0 Å². The number of ether oxygens (including phenoxy) is 1. The predicted octanol–water partition coefficient (Wildman–Crippen LogP) is 7.25. The van der Waals surface area contributed by atoms with Gasteiger partial charge in [0.25, 0.3) is 0 Å². The van der Waals surface area contributed by atoms with Crippen LogP contribution < -0.4 is 10.1 Å². The van der Waals surface area contributed by atoms with Gasteiger partial charge in [-0.2, -0.15) is 35.1 Å². The maximum Gasteiger partial charge on any atom is 0.458 e. The van der Waals surface area contributed by atoms with E-state index in [1.807, 2.05) is 0 Å². The van der Waals surface area contributed by atoms with E-state index < -0.39 is 48.0 Å².